The van der Waals surface area contributed by atoms with E-state index in [2.05, 4.69) is 31.9 Å². The standard InChI is InChI=1S/C22H24BrN3O3/c1-13(2)19(26-20(27)14-6-8-16(23)9-7-14)22(29)25-18-5-3-4-15(12-18)21(28)24-17-10-11-17/h3-9,12-13,17,19H,10-11H2,1-2H3,(H,24,28)(H,25,29)(H,26,27)/t19-/m1/s1. The molecule has 0 saturated heterocycles. The zero-order chi connectivity index (χ0) is 21.0. The van der Waals surface area contributed by atoms with E-state index in [0.717, 1.165) is 17.3 Å². The minimum atomic E-state index is -0.713. The van der Waals surface area contributed by atoms with Gasteiger partial charge >= 0.3 is 0 Å². The van der Waals surface area contributed by atoms with Crippen LogP contribution in [0.1, 0.15) is 47.4 Å². The van der Waals surface area contributed by atoms with Crippen LogP contribution in [-0.2, 0) is 4.79 Å². The van der Waals surface area contributed by atoms with Crippen LogP contribution in [0.2, 0.25) is 0 Å². The van der Waals surface area contributed by atoms with Gasteiger partial charge in [-0.1, -0.05) is 35.8 Å². The fourth-order valence-electron chi connectivity index (χ4n) is 2.82. The molecule has 1 atom stereocenters. The first-order chi connectivity index (χ1) is 13.8. The Morgan fingerprint density at radius 1 is 0.966 bits per heavy atom. The SMILES string of the molecule is CC(C)[C@@H](NC(=O)c1ccc(Br)cc1)C(=O)Nc1cccc(C(=O)NC2CC2)c1. The maximum absolute atomic E-state index is 12.8. The van der Waals surface area contributed by atoms with E-state index in [-0.39, 0.29) is 29.7 Å². The molecule has 1 fully saturated rings. The van der Waals surface area contributed by atoms with Crippen molar-refractivity contribution < 1.29 is 14.4 Å². The summed E-state index contributed by atoms with van der Waals surface area (Å²) < 4.78 is 0.873. The van der Waals surface area contributed by atoms with Crippen LogP contribution in [0.3, 0.4) is 0 Å². The quantitative estimate of drug-likeness (QED) is 0.591. The van der Waals surface area contributed by atoms with Gasteiger partial charge in [0, 0.05) is 27.3 Å². The number of carbonyl (C=O) groups is 3. The summed E-state index contributed by atoms with van der Waals surface area (Å²) in [6.07, 6.45) is 2.02. The lowest BCUT2D eigenvalue weighted by Crippen LogP contribution is -2.47. The lowest BCUT2D eigenvalue weighted by atomic mass is 10.0. The Kier molecular flexibility index (Phi) is 6.69. The summed E-state index contributed by atoms with van der Waals surface area (Å²) in [6, 6.07) is 13.3. The molecular formula is C22H24BrN3O3. The van der Waals surface area contributed by atoms with Gasteiger partial charge in [0.05, 0.1) is 0 Å². The summed E-state index contributed by atoms with van der Waals surface area (Å²) in [5.41, 5.74) is 1.49. The van der Waals surface area contributed by atoms with Crippen molar-refractivity contribution in [1.82, 2.24) is 10.6 Å². The van der Waals surface area contributed by atoms with Crippen LogP contribution >= 0.6 is 15.9 Å². The topological polar surface area (TPSA) is 87.3 Å². The Bertz CT molecular complexity index is 908. The number of carbonyl (C=O) groups excluding carboxylic acids is 3. The maximum atomic E-state index is 12.8. The molecule has 0 unspecified atom stereocenters. The molecule has 1 saturated carbocycles. The van der Waals surface area contributed by atoms with Crippen LogP contribution in [0.25, 0.3) is 0 Å². The third-order valence-corrected chi connectivity index (χ3v) is 5.18. The number of rotatable bonds is 7. The van der Waals surface area contributed by atoms with Crippen molar-refractivity contribution in [3.8, 4) is 0 Å². The van der Waals surface area contributed by atoms with Gasteiger partial charge in [-0.2, -0.15) is 0 Å². The average molecular weight is 458 g/mol. The predicted octanol–water partition coefficient (Wildman–Crippen LogP) is 3.73. The van der Waals surface area contributed by atoms with Crippen molar-refractivity contribution in [1.29, 1.82) is 0 Å². The van der Waals surface area contributed by atoms with Crippen LogP contribution in [-0.4, -0.2) is 29.8 Å². The van der Waals surface area contributed by atoms with Gasteiger partial charge in [0.1, 0.15) is 6.04 Å². The van der Waals surface area contributed by atoms with Crippen molar-refractivity contribution in [2.45, 2.75) is 38.8 Å². The number of hydrogen-bond donors (Lipinski definition) is 3. The molecule has 0 radical (unpaired) electrons. The molecule has 0 aromatic heterocycles. The Labute approximate surface area is 178 Å². The Morgan fingerprint density at radius 3 is 2.28 bits per heavy atom. The highest BCUT2D eigenvalue weighted by molar-refractivity contribution is 9.10. The number of hydrogen-bond acceptors (Lipinski definition) is 3. The molecule has 1 aliphatic carbocycles. The van der Waals surface area contributed by atoms with Gasteiger partial charge < -0.3 is 16.0 Å². The van der Waals surface area contributed by atoms with E-state index < -0.39 is 6.04 Å². The number of nitrogens with one attached hydrogen (secondary N) is 3. The minimum Gasteiger partial charge on any atom is -0.349 e. The molecule has 3 rings (SSSR count). The summed E-state index contributed by atoms with van der Waals surface area (Å²) in [6.45, 7) is 3.73. The molecule has 0 spiro atoms. The van der Waals surface area contributed by atoms with Crippen LogP contribution < -0.4 is 16.0 Å². The highest BCUT2D eigenvalue weighted by Crippen LogP contribution is 2.20. The molecule has 0 bridgehead atoms. The van der Waals surface area contributed by atoms with Gasteiger partial charge in [0.2, 0.25) is 5.91 Å². The van der Waals surface area contributed by atoms with Crippen molar-refractivity contribution in [3.05, 3.63) is 64.1 Å². The summed E-state index contributed by atoms with van der Waals surface area (Å²) in [4.78, 5) is 37.5. The lowest BCUT2D eigenvalue weighted by Gasteiger charge is -2.22. The second-order valence-electron chi connectivity index (χ2n) is 7.52. The third kappa shape index (κ3) is 5.90. The van der Waals surface area contributed by atoms with E-state index in [4.69, 9.17) is 0 Å². The van der Waals surface area contributed by atoms with E-state index in [9.17, 15) is 14.4 Å². The van der Waals surface area contributed by atoms with E-state index in [1.165, 1.54) is 0 Å². The van der Waals surface area contributed by atoms with E-state index in [1.807, 2.05) is 13.8 Å². The largest absolute Gasteiger partial charge is 0.349 e. The zero-order valence-corrected chi connectivity index (χ0v) is 18.0. The molecule has 29 heavy (non-hydrogen) atoms. The van der Waals surface area contributed by atoms with Gasteiger partial charge in [-0.15, -0.1) is 0 Å². The molecule has 152 valence electrons. The van der Waals surface area contributed by atoms with E-state index >= 15 is 0 Å². The van der Waals surface area contributed by atoms with Crippen LogP contribution in [0.15, 0.2) is 53.0 Å². The molecule has 3 amide bonds. The van der Waals surface area contributed by atoms with Crippen LogP contribution in [0, 0.1) is 5.92 Å². The van der Waals surface area contributed by atoms with Gasteiger partial charge in [-0.05, 0) is 61.2 Å². The number of anilines is 1. The van der Waals surface area contributed by atoms with Crippen molar-refractivity contribution in [2.24, 2.45) is 5.92 Å². The maximum Gasteiger partial charge on any atom is 0.251 e. The number of benzene rings is 2. The highest BCUT2D eigenvalue weighted by atomic mass is 79.9. The Hall–Kier alpha value is -2.67. The molecule has 0 heterocycles. The molecule has 0 aliphatic heterocycles. The molecule has 6 nitrogen and oxygen atoms in total. The van der Waals surface area contributed by atoms with Gasteiger partial charge in [0.25, 0.3) is 11.8 Å². The summed E-state index contributed by atoms with van der Waals surface area (Å²) in [7, 11) is 0. The van der Waals surface area contributed by atoms with Crippen molar-refractivity contribution >= 4 is 39.3 Å². The first-order valence-corrected chi connectivity index (χ1v) is 10.4. The first-order valence-electron chi connectivity index (χ1n) is 9.61. The Balaban J connectivity index is 1.67. The monoisotopic (exact) mass is 457 g/mol. The average Bonchev–Trinajstić information content (AvgIpc) is 3.50. The van der Waals surface area contributed by atoms with Gasteiger partial charge in [0.15, 0.2) is 0 Å². The lowest BCUT2D eigenvalue weighted by molar-refractivity contribution is -0.118. The zero-order valence-electron chi connectivity index (χ0n) is 16.4. The third-order valence-electron chi connectivity index (χ3n) is 4.65. The second-order valence-corrected chi connectivity index (χ2v) is 8.44. The molecular weight excluding hydrogens is 434 g/mol. The minimum absolute atomic E-state index is 0.115. The van der Waals surface area contributed by atoms with E-state index in [0.29, 0.717) is 16.8 Å². The summed E-state index contributed by atoms with van der Waals surface area (Å²) >= 11 is 3.34. The summed E-state index contributed by atoms with van der Waals surface area (Å²) in [5, 5.41) is 8.54. The van der Waals surface area contributed by atoms with E-state index in [1.54, 1.807) is 48.5 Å². The van der Waals surface area contributed by atoms with Crippen LogP contribution in [0.4, 0.5) is 5.69 Å². The number of amides is 3. The van der Waals surface area contributed by atoms with Crippen molar-refractivity contribution in [2.75, 3.05) is 5.32 Å². The number of halogens is 1. The normalized spacial score (nSPS) is 14.2. The Morgan fingerprint density at radius 2 is 1.66 bits per heavy atom. The second kappa shape index (κ2) is 9.22. The fourth-order valence-corrected chi connectivity index (χ4v) is 3.08. The highest BCUT2D eigenvalue weighted by Gasteiger charge is 2.26. The molecule has 2 aromatic rings. The first kappa shape index (κ1) is 21.0. The van der Waals surface area contributed by atoms with Crippen LogP contribution in [0.5, 0.6) is 0 Å². The molecule has 3 N–H and O–H groups in total. The smallest absolute Gasteiger partial charge is 0.251 e. The fraction of sp³-hybridized carbons (Fsp3) is 0.318. The van der Waals surface area contributed by atoms with Gasteiger partial charge in [-0.25, -0.2) is 0 Å². The molecule has 2 aromatic carbocycles. The van der Waals surface area contributed by atoms with Gasteiger partial charge in [-0.3, -0.25) is 14.4 Å². The summed E-state index contributed by atoms with van der Waals surface area (Å²) in [5.74, 6) is -0.905. The molecule has 7 heteroatoms. The molecule has 1 aliphatic rings. The predicted molar refractivity (Wildman–Crippen MR) is 116 cm³/mol. The van der Waals surface area contributed by atoms with Crippen molar-refractivity contribution in [3.63, 3.8) is 0 Å².